The van der Waals surface area contributed by atoms with Gasteiger partial charge in [-0.1, -0.05) is 35.1 Å². The number of rotatable bonds is 4. The molecule has 3 aromatic rings. The van der Waals surface area contributed by atoms with Crippen molar-refractivity contribution in [2.75, 3.05) is 5.32 Å². The van der Waals surface area contributed by atoms with Crippen molar-refractivity contribution in [3.05, 3.63) is 50.0 Å². The van der Waals surface area contributed by atoms with E-state index in [-0.39, 0.29) is 23.3 Å². The molecule has 0 fully saturated rings. The minimum absolute atomic E-state index is 0.0792. The third-order valence-corrected chi connectivity index (χ3v) is 4.35. The molecule has 118 valence electrons. The number of aromatic amines is 1. The summed E-state index contributed by atoms with van der Waals surface area (Å²) in [4.78, 5) is 27.6. The summed E-state index contributed by atoms with van der Waals surface area (Å²) in [7, 11) is 0. The highest BCUT2D eigenvalue weighted by Gasteiger charge is 2.13. The topological polar surface area (TPSA) is 92.7 Å². The normalized spacial score (nSPS) is 10.7. The van der Waals surface area contributed by atoms with Gasteiger partial charge in [0.05, 0.1) is 5.02 Å². The minimum atomic E-state index is -0.377. The van der Waals surface area contributed by atoms with Gasteiger partial charge in [-0.05, 0) is 19.1 Å². The van der Waals surface area contributed by atoms with Crippen LogP contribution >= 0.6 is 22.9 Å². The number of thiazole rings is 1. The number of aromatic nitrogens is 4. The molecule has 0 radical (unpaired) electrons. The fraction of sp³-hybridized carbons (Fsp3) is 0.143. The van der Waals surface area contributed by atoms with Crippen molar-refractivity contribution < 1.29 is 4.79 Å². The van der Waals surface area contributed by atoms with Gasteiger partial charge >= 0.3 is 4.87 Å². The van der Waals surface area contributed by atoms with E-state index in [1.54, 1.807) is 24.4 Å². The van der Waals surface area contributed by atoms with Crippen molar-refractivity contribution in [3.63, 3.8) is 0 Å². The maximum Gasteiger partial charge on any atom is 0.307 e. The van der Waals surface area contributed by atoms with Crippen LogP contribution in [0.25, 0.3) is 11.4 Å². The Balaban J connectivity index is 1.73. The predicted molar refractivity (Wildman–Crippen MR) is 88.8 cm³/mol. The number of aryl methyl sites for hydroxylation is 1. The third-order valence-electron chi connectivity index (χ3n) is 3.14. The van der Waals surface area contributed by atoms with Crippen LogP contribution < -0.4 is 10.2 Å². The van der Waals surface area contributed by atoms with Gasteiger partial charge < -0.3 is 0 Å². The van der Waals surface area contributed by atoms with Gasteiger partial charge in [0.2, 0.25) is 11.9 Å². The van der Waals surface area contributed by atoms with E-state index in [0.29, 0.717) is 16.4 Å². The van der Waals surface area contributed by atoms with Gasteiger partial charge in [0.1, 0.15) is 6.54 Å². The second kappa shape index (κ2) is 6.35. The number of nitrogens with zero attached hydrogens (tertiary/aromatic N) is 3. The molecule has 0 aliphatic rings. The molecule has 2 N–H and O–H groups in total. The summed E-state index contributed by atoms with van der Waals surface area (Å²) >= 11 is 7.15. The number of carbonyl (C=O) groups excluding carboxylic acids is 1. The van der Waals surface area contributed by atoms with Crippen LogP contribution in [0.4, 0.5) is 5.95 Å². The summed E-state index contributed by atoms with van der Waals surface area (Å²) in [5.41, 5.74) is 1.42. The van der Waals surface area contributed by atoms with Gasteiger partial charge in [-0.3, -0.25) is 24.6 Å². The van der Waals surface area contributed by atoms with Crippen molar-refractivity contribution >= 4 is 34.8 Å². The first kappa shape index (κ1) is 15.4. The Morgan fingerprint density at radius 2 is 2.22 bits per heavy atom. The van der Waals surface area contributed by atoms with Gasteiger partial charge in [0.15, 0.2) is 5.82 Å². The van der Waals surface area contributed by atoms with Gasteiger partial charge in [-0.2, -0.15) is 4.98 Å². The monoisotopic (exact) mass is 349 g/mol. The van der Waals surface area contributed by atoms with Crippen molar-refractivity contribution in [3.8, 4) is 11.4 Å². The molecular weight excluding hydrogens is 338 g/mol. The SMILES string of the molecule is Cc1csc(=O)n1CC(=O)Nc1n[nH]c(-c2ccccc2Cl)n1. The number of halogens is 1. The molecule has 0 bridgehead atoms. The maximum absolute atomic E-state index is 12.0. The minimum Gasteiger partial charge on any atom is -0.294 e. The molecule has 7 nitrogen and oxygen atoms in total. The zero-order chi connectivity index (χ0) is 16.4. The lowest BCUT2D eigenvalue weighted by Crippen LogP contribution is -2.25. The Kier molecular flexibility index (Phi) is 4.26. The van der Waals surface area contributed by atoms with E-state index in [9.17, 15) is 9.59 Å². The fourth-order valence-corrected chi connectivity index (χ4v) is 2.96. The van der Waals surface area contributed by atoms with Crippen LogP contribution in [0.2, 0.25) is 5.02 Å². The highest BCUT2D eigenvalue weighted by atomic mass is 35.5. The van der Waals surface area contributed by atoms with E-state index in [2.05, 4.69) is 20.5 Å². The highest BCUT2D eigenvalue weighted by Crippen LogP contribution is 2.24. The molecule has 0 aliphatic carbocycles. The second-order valence-corrected chi connectivity index (χ2v) is 5.99. The summed E-state index contributed by atoms with van der Waals surface area (Å²) in [5.74, 6) is 0.207. The van der Waals surface area contributed by atoms with E-state index < -0.39 is 0 Å². The molecule has 9 heteroatoms. The van der Waals surface area contributed by atoms with Crippen molar-refractivity contribution in [1.29, 1.82) is 0 Å². The lowest BCUT2D eigenvalue weighted by Gasteiger charge is -2.03. The highest BCUT2D eigenvalue weighted by molar-refractivity contribution is 7.07. The molecular formula is C14H12ClN5O2S. The van der Waals surface area contributed by atoms with E-state index in [1.165, 1.54) is 4.57 Å². The number of H-pyrrole nitrogens is 1. The van der Waals surface area contributed by atoms with E-state index in [0.717, 1.165) is 17.0 Å². The quantitative estimate of drug-likeness (QED) is 0.755. The Morgan fingerprint density at radius 1 is 1.43 bits per heavy atom. The number of hydrogen-bond acceptors (Lipinski definition) is 5. The maximum atomic E-state index is 12.0. The number of anilines is 1. The Bertz CT molecular complexity index is 914. The van der Waals surface area contributed by atoms with E-state index in [4.69, 9.17) is 11.6 Å². The number of benzene rings is 1. The van der Waals surface area contributed by atoms with Crippen molar-refractivity contribution in [2.45, 2.75) is 13.5 Å². The lowest BCUT2D eigenvalue weighted by atomic mass is 10.2. The van der Waals surface area contributed by atoms with E-state index >= 15 is 0 Å². The summed E-state index contributed by atoms with van der Waals surface area (Å²) < 4.78 is 1.39. The average molecular weight is 350 g/mol. The van der Waals surface area contributed by atoms with Crippen molar-refractivity contribution in [2.24, 2.45) is 0 Å². The molecule has 0 unspecified atom stereocenters. The number of carbonyl (C=O) groups is 1. The van der Waals surface area contributed by atoms with Gasteiger partial charge in [0.25, 0.3) is 0 Å². The van der Waals surface area contributed by atoms with Crippen molar-refractivity contribution in [1.82, 2.24) is 19.7 Å². The van der Waals surface area contributed by atoms with Gasteiger partial charge in [0, 0.05) is 16.6 Å². The van der Waals surface area contributed by atoms with Gasteiger partial charge in [-0.25, -0.2) is 0 Å². The zero-order valence-corrected chi connectivity index (χ0v) is 13.6. The molecule has 0 saturated carbocycles. The molecule has 1 aromatic carbocycles. The average Bonchev–Trinajstić information content (AvgIpc) is 3.09. The van der Waals surface area contributed by atoms with Crippen LogP contribution in [0.5, 0.6) is 0 Å². The smallest absolute Gasteiger partial charge is 0.294 e. The molecule has 0 saturated heterocycles. The van der Waals surface area contributed by atoms with Crippen LogP contribution in [-0.4, -0.2) is 25.7 Å². The number of amides is 1. The van der Waals surface area contributed by atoms with Crippen LogP contribution in [0.15, 0.2) is 34.4 Å². The lowest BCUT2D eigenvalue weighted by molar-refractivity contribution is -0.116. The molecule has 2 aromatic heterocycles. The molecule has 0 spiro atoms. The Hall–Kier alpha value is -2.45. The molecule has 23 heavy (non-hydrogen) atoms. The second-order valence-electron chi connectivity index (χ2n) is 4.76. The predicted octanol–water partition coefficient (Wildman–Crippen LogP) is 2.30. The fourth-order valence-electron chi connectivity index (χ4n) is 2.00. The largest absolute Gasteiger partial charge is 0.307 e. The Labute approximate surface area is 140 Å². The molecule has 0 aliphatic heterocycles. The molecule has 2 heterocycles. The summed E-state index contributed by atoms with van der Waals surface area (Å²) in [6.07, 6.45) is 0. The first-order valence-electron chi connectivity index (χ1n) is 6.66. The van der Waals surface area contributed by atoms with Crippen LogP contribution in [0, 0.1) is 6.92 Å². The third kappa shape index (κ3) is 3.33. The molecule has 3 rings (SSSR count). The van der Waals surface area contributed by atoms with Crippen LogP contribution in [0.1, 0.15) is 5.69 Å². The first-order valence-corrected chi connectivity index (χ1v) is 7.92. The van der Waals surface area contributed by atoms with Gasteiger partial charge in [-0.15, -0.1) is 5.10 Å². The first-order chi connectivity index (χ1) is 11.0. The van der Waals surface area contributed by atoms with Crippen LogP contribution in [0.3, 0.4) is 0 Å². The molecule has 0 atom stereocenters. The zero-order valence-electron chi connectivity index (χ0n) is 12.0. The number of hydrogen-bond donors (Lipinski definition) is 2. The summed E-state index contributed by atoms with van der Waals surface area (Å²) in [6, 6.07) is 7.17. The van der Waals surface area contributed by atoms with Crippen LogP contribution in [-0.2, 0) is 11.3 Å². The number of nitrogens with one attached hydrogen (secondary N) is 2. The Morgan fingerprint density at radius 3 is 2.91 bits per heavy atom. The molecule has 1 amide bonds. The standard InChI is InChI=1S/C14H12ClN5O2S/c1-8-7-23-14(22)20(8)6-11(21)16-13-17-12(18-19-13)9-4-2-3-5-10(9)15/h2-5,7H,6H2,1H3,(H2,16,17,18,19,21). The summed E-state index contributed by atoms with van der Waals surface area (Å²) in [5, 5.41) is 11.4. The summed E-state index contributed by atoms with van der Waals surface area (Å²) in [6.45, 7) is 1.69. The van der Waals surface area contributed by atoms with E-state index in [1.807, 2.05) is 12.1 Å².